The number of nitrogens with one attached hydrogen (secondary N) is 1. The van der Waals surface area contributed by atoms with Crippen LogP contribution in [0.4, 0.5) is 5.82 Å². The van der Waals surface area contributed by atoms with Crippen LogP contribution in [0.15, 0.2) is 18.3 Å². The van der Waals surface area contributed by atoms with Gasteiger partial charge in [-0.05, 0) is 31.4 Å². The molecule has 2 N–H and O–H groups in total. The summed E-state index contributed by atoms with van der Waals surface area (Å²) in [6.07, 6.45) is 1.83. The number of anilines is 1. The first kappa shape index (κ1) is 11.0. The third-order valence-corrected chi connectivity index (χ3v) is 2.43. The van der Waals surface area contributed by atoms with Crippen molar-refractivity contribution >= 4 is 5.82 Å². The molecule has 0 saturated heterocycles. The highest BCUT2D eigenvalue weighted by molar-refractivity contribution is 5.36. The average Bonchev–Trinajstić information content (AvgIpc) is 2.20. The van der Waals surface area contributed by atoms with Crippen LogP contribution in [0.2, 0.25) is 0 Å². The Bertz CT molecular complexity index is 271. The Hall–Kier alpha value is -1.09. The van der Waals surface area contributed by atoms with E-state index in [9.17, 15) is 0 Å². The largest absolute Gasteiger partial charge is 0.396 e. The first-order chi connectivity index (χ1) is 6.63. The van der Waals surface area contributed by atoms with Crippen LogP contribution in [0.3, 0.4) is 0 Å². The number of hydrogen-bond acceptors (Lipinski definition) is 3. The molecule has 0 spiro atoms. The van der Waals surface area contributed by atoms with Gasteiger partial charge in [0, 0.05) is 18.8 Å². The minimum atomic E-state index is 0.194. The Morgan fingerprint density at radius 2 is 2.14 bits per heavy atom. The molecule has 0 aliphatic rings. The summed E-state index contributed by atoms with van der Waals surface area (Å²) in [5.41, 5.74) is 1.15. The lowest BCUT2D eigenvalue weighted by Crippen LogP contribution is -2.26. The van der Waals surface area contributed by atoms with Crippen LogP contribution in [0.5, 0.6) is 0 Å². The van der Waals surface area contributed by atoms with Gasteiger partial charge in [0.05, 0.1) is 0 Å². The highest BCUT2D eigenvalue weighted by Gasteiger charge is 2.10. The van der Waals surface area contributed by atoms with Gasteiger partial charge in [0.2, 0.25) is 0 Å². The van der Waals surface area contributed by atoms with Gasteiger partial charge >= 0.3 is 0 Å². The quantitative estimate of drug-likeness (QED) is 0.768. The van der Waals surface area contributed by atoms with Gasteiger partial charge in [-0.2, -0.15) is 0 Å². The van der Waals surface area contributed by atoms with Crippen molar-refractivity contribution in [2.24, 2.45) is 5.92 Å². The summed E-state index contributed by atoms with van der Waals surface area (Å²) in [7, 11) is 0. The highest BCUT2D eigenvalue weighted by Crippen LogP contribution is 2.10. The van der Waals surface area contributed by atoms with Gasteiger partial charge in [0.1, 0.15) is 5.82 Å². The number of aromatic nitrogens is 1. The van der Waals surface area contributed by atoms with Gasteiger partial charge in [0.15, 0.2) is 0 Å². The minimum absolute atomic E-state index is 0.194. The monoisotopic (exact) mass is 194 g/mol. The number of aryl methyl sites for hydroxylation is 1. The van der Waals surface area contributed by atoms with Crippen molar-refractivity contribution in [3.8, 4) is 0 Å². The standard InChI is InChI=1S/C11H18N2O/c1-8-4-5-11(12-6-8)13-10(3)9(2)7-14/h4-6,9-10,14H,7H2,1-3H3,(H,12,13). The molecule has 1 aromatic heterocycles. The summed E-state index contributed by atoms with van der Waals surface area (Å²) in [6, 6.07) is 4.21. The Morgan fingerprint density at radius 3 is 2.64 bits per heavy atom. The SMILES string of the molecule is Cc1ccc(NC(C)C(C)CO)nc1. The molecule has 3 nitrogen and oxygen atoms in total. The van der Waals surface area contributed by atoms with Crippen molar-refractivity contribution in [1.82, 2.24) is 4.98 Å². The van der Waals surface area contributed by atoms with Crippen molar-refractivity contribution in [3.63, 3.8) is 0 Å². The zero-order valence-corrected chi connectivity index (χ0v) is 8.99. The predicted octanol–water partition coefficient (Wildman–Crippen LogP) is 1.82. The van der Waals surface area contributed by atoms with Crippen LogP contribution >= 0.6 is 0 Å². The Kier molecular flexibility index (Phi) is 3.89. The summed E-state index contributed by atoms with van der Waals surface area (Å²) in [5.74, 6) is 1.10. The third kappa shape index (κ3) is 3.00. The van der Waals surface area contributed by atoms with Crippen molar-refractivity contribution in [1.29, 1.82) is 0 Å². The molecule has 0 saturated carbocycles. The van der Waals surface area contributed by atoms with Crippen molar-refractivity contribution in [2.45, 2.75) is 26.8 Å². The third-order valence-electron chi connectivity index (χ3n) is 2.43. The lowest BCUT2D eigenvalue weighted by molar-refractivity contribution is 0.226. The van der Waals surface area contributed by atoms with E-state index in [4.69, 9.17) is 5.11 Å². The molecule has 0 amide bonds. The van der Waals surface area contributed by atoms with Gasteiger partial charge in [0.25, 0.3) is 0 Å². The van der Waals surface area contributed by atoms with E-state index >= 15 is 0 Å². The van der Waals surface area contributed by atoms with Gasteiger partial charge < -0.3 is 10.4 Å². The molecular formula is C11H18N2O. The van der Waals surface area contributed by atoms with E-state index in [1.807, 2.05) is 39.1 Å². The predicted molar refractivity (Wildman–Crippen MR) is 58.3 cm³/mol. The number of nitrogens with zero attached hydrogens (tertiary/aromatic N) is 1. The topological polar surface area (TPSA) is 45.1 Å². The van der Waals surface area contributed by atoms with E-state index < -0.39 is 0 Å². The second-order valence-electron chi connectivity index (χ2n) is 3.81. The smallest absolute Gasteiger partial charge is 0.126 e. The summed E-state index contributed by atoms with van der Waals surface area (Å²) in [4.78, 5) is 4.24. The Morgan fingerprint density at radius 1 is 1.43 bits per heavy atom. The first-order valence-corrected chi connectivity index (χ1v) is 4.93. The van der Waals surface area contributed by atoms with Crippen LogP contribution in [0, 0.1) is 12.8 Å². The molecule has 1 heterocycles. The van der Waals surface area contributed by atoms with Gasteiger partial charge in [-0.1, -0.05) is 13.0 Å². The van der Waals surface area contributed by atoms with E-state index in [0.717, 1.165) is 11.4 Å². The molecule has 0 aliphatic heterocycles. The van der Waals surface area contributed by atoms with E-state index in [1.165, 1.54) is 0 Å². The molecule has 78 valence electrons. The van der Waals surface area contributed by atoms with Crippen LogP contribution in [0.1, 0.15) is 19.4 Å². The van der Waals surface area contributed by atoms with Crippen LogP contribution in [-0.2, 0) is 0 Å². The summed E-state index contributed by atoms with van der Waals surface area (Å²) in [5, 5.41) is 12.2. The van der Waals surface area contributed by atoms with Crippen molar-refractivity contribution < 1.29 is 5.11 Å². The molecule has 0 radical (unpaired) electrons. The first-order valence-electron chi connectivity index (χ1n) is 4.93. The maximum atomic E-state index is 8.97. The molecule has 3 heteroatoms. The number of rotatable bonds is 4. The number of aliphatic hydroxyl groups excluding tert-OH is 1. The number of aliphatic hydroxyl groups is 1. The molecule has 2 atom stereocenters. The highest BCUT2D eigenvalue weighted by atomic mass is 16.3. The zero-order chi connectivity index (χ0) is 10.6. The number of hydrogen-bond donors (Lipinski definition) is 2. The van der Waals surface area contributed by atoms with Crippen LogP contribution in [0.25, 0.3) is 0 Å². The van der Waals surface area contributed by atoms with Gasteiger partial charge in [-0.25, -0.2) is 4.98 Å². The lowest BCUT2D eigenvalue weighted by atomic mass is 10.1. The molecule has 2 unspecified atom stereocenters. The molecule has 14 heavy (non-hydrogen) atoms. The fourth-order valence-electron chi connectivity index (χ4n) is 1.09. The molecular weight excluding hydrogens is 176 g/mol. The van der Waals surface area contributed by atoms with Gasteiger partial charge in [-0.3, -0.25) is 0 Å². The average molecular weight is 194 g/mol. The molecule has 0 aromatic carbocycles. The molecule has 1 aromatic rings. The molecule has 0 bridgehead atoms. The fourth-order valence-corrected chi connectivity index (χ4v) is 1.09. The second-order valence-corrected chi connectivity index (χ2v) is 3.81. The fraction of sp³-hybridized carbons (Fsp3) is 0.545. The van der Waals surface area contributed by atoms with Crippen LogP contribution < -0.4 is 5.32 Å². The minimum Gasteiger partial charge on any atom is -0.396 e. The molecule has 0 aliphatic carbocycles. The van der Waals surface area contributed by atoms with E-state index in [0.29, 0.717) is 0 Å². The number of pyridine rings is 1. The maximum absolute atomic E-state index is 8.97. The lowest BCUT2D eigenvalue weighted by Gasteiger charge is -2.19. The van der Waals surface area contributed by atoms with E-state index in [-0.39, 0.29) is 18.6 Å². The molecule has 1 rings (SSSR count). The summed E-state index contributed by atoms with van der Waals surface area (Å²) >= 11 is 0. The second kappa shape index (κ2) is 4.96. The van der Waals surface area contributed by atoms with Crippen molar-refractivity contribution in [3.05, 3.63) is 23.9 Å². The van der Waals surface area contributed by atoms with Gasteiger partial charge in [-0.15, -0.1) is 0 Å². The molecule has 0 fully saturated rings. The van der Waals surface area contributed by atoms with Crippen LogP contribution in [-0.4, -0.2) is 22.7 Å². The Labute approximate surface area is 85.2 Å². The van der Waals surface area contributed by atoms with Crippen molar-refractivity contribution in [2.75, 3.05) is 11.9 Å². The Balaban J connectivity index is 2.56. The zero-order valence-electron chi connectivity index (χ0n) is 8.99. The van der Waals surface area contributed by atoms with E-state index in [1.54, 1.807) is 0 Å². The van der Waals surface area contributed by atoms with E-state index in [2.05, 4.69) is 10.3 Å². The maximum Gasteiger partial charge on any atom is 0.126 e. The normalized spacial score (nSPS) is 14.9. The summed E-state index contributed by atoms with van der Waals surface area (Å²) < 4.78 is 0. The summed E-state index contributed by atoms with van der Waals surface area (Å²) in [6.45, 7) is 6.25.